The molecule has 0 bridgehead atoms. The average Bonchev–Trinajstić information content (AvgIpc) is 3.50. The molecule has 1 aromatic carbocycles. The summed E-state index contributed by atoms with van der Waals surface area (Å²) in [4.78, 5) is 49.3. The van der Waals surface area contributed by atoms with Gasteiger partial charge in [0.05, 0.1) is 25.3 Å². The summed E-state index contributed by atoms with van der Waals surface area (Å²) in [5.41, 5.74) is 0.902. The quantitative estimate of drug-likeness (QED) is 0.317. The van der Waals surface area contributed by atoms with Gasteiger partial charge in [-0.3, -0.25) is 14.3 Å². The lowest BCUT2D eigenvalue weighted by atomic mass is 10.1. The molecule has 5 rings (SSSR count). The highest BCUT2D eigenvalue weighted by Crippen LogP contribution is 2.34. The topological polar surface area (TPSA) is 167 Å². The average molecular weight is 557 g/mol. The van der Waals surface area contributed by atoms with Crippen molar-refractivity contribution in [2.75, 3.05) is 43.6 Å². The third-order valence-electron chi connectivity index (χ3n) is 6.16. The summed E-state index contributed by atoms with van der Waals surface area (Å²) in [6.07, 6.45) is 0.960. The van der Waals surface area contributed by atoms with Gasteiger partial charge in [0.25, 0.3) is 0 Å². The lowest BCUT2D eigenvalue weighted by Crippen LogP contribution is -2.35. The molecule has 2 aromatic heterocycles. The van der Waals surface area contributed by atoms with Crippen LogP contribution in [-0.2, 0) is 16.1 Å². The molecule has 16 heteroatoms. The van der Waals surface area contributed by atoms with Gasteiger partial charge in [0.2, 0.25) is 5.91 Å². The number of nitro groups is 1. The number of carbonyl (C=O) groups excluding carboxylic acids is 2. The van der Waals surface area contributed by atoms with E-state index in [2.05, 4.69) is 20.3 Å². The highest BCUT2D eigenvalue weighted by Gasteiger charge is 2.33. The lowest BCUT2D eigenvalue weighted by Gasteiger charge is -2.23. The van der Waals surface area contributed by atoms with Crippen LogP contribution in [0, 0.1) is 15.9 Å². The summed E-state index contributed by atoms with van der Waals surface area (Å²) >= 11 is 0. The summed E-state index contributed by atoms with van der Waals surface area (Å²) in [5.74, 6) is -0.800. The number of benzene rings is 1. The maximum Gasteiger partial charge on any atom is 0.414 e. The first kappa shape index (κ1) is 26.6. The number of carbonyl (C=O) groups is 2. The van der Waals surface area contributed by atoms with Crippen LogP contribution in [0.4, 0.5) is 26.5 Å². The molecule has 210 valence electrons. The van der Waals surface area contributed by atoms with Crippen LogP contribution in [-0.4, -0.2) is 82.4 Å². The van der Waals surface area contributed by atoms with Crippen molar-refractivity contribution in [3.05, 3.63) is 46.5 Å². The molecule has 0 aliphatic carbocycles. The van der Waals surface area contributed by atoms with Crippen molar-refractivity contribution >= 4 is 29.3 Å². The zero-order valence-electron chi connectivity index (χ0n) is 21.7. The zero-order chi connectivity index (χ0) is 28.6. The second kappa shape index (κ2) is 10.6. The normalized spacial score (nSPS) is 18.0. The van der Waals surface area contributed by atoms with E-state index in [1.807, 2.05) is 0 Å². The van der Waals surface area contributed by atoms with Crippen molar-refractivity contribution in [3.63, 3.8) is 0 Å². The number of cyclic esters (lactones) is 1. The molecule has 2 unspecified atom stereocenters. The molecule has 0 spiro atoms. The number of halogens is 1. The summed E-state index contributed by atoms with van der Waals surface area (Å²) in [6.45, 7) is 2.00. The third-order valence-corrected chi connectivity index (χ3v) is 6.16. The van der Waals surface area contributed by atoms with Crippen molar-refractivity contribution in [1.29, 1.82) is 0 Å². The fourth-order valence-electron chi connectivity index (χ4n) is 4.31. The summed E-state index contributed by atoms with van der Waals surface area (Å²) in [5, 5.41) is 13.6. The van der Waals surface area contributed by atoms with Crippen LogP contribution in [0.2, 0.25) is 0 Å². The second-order valence-corrected chi connectivity index (χ2v) is 9.34. The molecule has 2 aliphatic rings. The van der Waals surface area contributed by atoms with Crippen LogP contribution in [0.5, 0.6) is 12.0 Å². The van der Waals surface area contributed by atoms with Crippen molar-refractivity contribution in [3.8, 4) is 23.1 Å². The third kappa shape index (κ3) is 5.41. The summed E-state index contributed by atoms with van der Waals surface area (Å²) in [7, 11) is 3.47. The highest BCUT2D eigenvalue weighted by molar-refractivity contribution is 5.90. The molecular formula is C24H25FN8O7. The van der Waals surface area contributed by atoms with Gasteiger partial charge < -0.3 is 34.5 Å². The number of imidazole rings is 1. The van der Waals surface area contributed by atoms with E-state index in [1.54, 1.807) is 25.1 Å². The molecule has 0 saturated carbocycles. The molecule has 0 radical (unpaired) electrons. The van der Waals surface area contributed by atoms with Gasteiger partial charge in [0.1, 0.15) is 30.5 Å². The van der Waals surface area contributed by atoms with Gasteiger partial charge in [-0.2, -0.15) is 4.98 Å². The Bertz CT molecular complexity index is 1480. The predicted octanol–water partition coefficient (Wildman–Crippen LogP) is 1.75. The molecule has 15 nitrogen and oxygen atoms in total. The van der Waals surface area contributed by atoms with Crippen molar-refractivity contribution in [2.24, 2.45) is 0 Å². The standard InChI is InChI=1S/C24H25FN8O7/c1-13(34)26-7-15-10-32(24(35)40-15)14-4-5-17(19(25)6-14)18-8-27-22(29-21(18)30(2)3)39-16-9-31-11-20(33(36)37)28-23(31)38-12-16/h4-6,8,11,15-16H,7,9-10,12H2,1-3H3,(H,26,34). The Hall–Kier alpha value is -5.02. The van der Waals surface area contributed by atoms with E-state index in [0.717, 1.165) is 0 Å². The van der Waals surface area contributed by atoms with Gasteiger partial charge in [-0.05, 0) is 23.1 Å². The van der Waals surface area contributed by atoms with Crippen LogP contribution in [0.25, 0.3) is 11.1 Å². The highest BCUT2D eigenvalue weighted by atomic mass is 19.1. The molecule has 40 heavy (non-hydrogen) atoms. The number of anilines is 2. The SMILES string of the molecule is CC(=O)NCC1CN(c2ccc(-c3cnc(OC4COc5nc([N+](=O)[O-])cn5C4)nc3N(C)C)c(F)c2)C(=O)O1. The first-order chi connectivity index (χ1) is 19.1. The zero-order valence-corrected chi connectivity index (χ0v) is 21.7. The Morgan fingerprint density at radius 1 is 1.30 bits per heavy atom. The van der Waals surface area contributed by atoms with Crippen LogP contribution in [0.15, 0.2) is 30.6 Å². The van der Waals surface area contributed by atoms with Crippen LogP contribution in [0.3, 0.4) is 0 Å². The smallest absolute Gasteiger partial charge is 0.414 e. The van der Waals surface area contributed by atoms with Crippen molar-refractivity contribution in [2.45, 2.75) is 25.7 Å². The number of fused-ring (bicyclic) bond motifs is 1. The molecule has 4 heterocycles. The van der Waals surface area contributed by atoms with Gasteiger partial charge in [-0.15, -0.1) is 0 Å². The Morgan fingerprint density at radius 3 is 2.80 bits per heavy atom. The molecule has 2 aliphatic heterocycles. The van der Waals surface area contributed by atoms with Gasteiger partial charge in [0.15, 0.2) is 6.10 Å². The number of aromatic nitrogens is 4. The van der Waals surface area contributed by atoms with E-state index < -0.39 is 29.0 Å². The Labute approximate surface area is 226 Å². The lowest BCUT2D eigenvalue weighted by molar-refractivity contribution is -0.389. The molecule has 2 amide bonds. The van der Waals surface area contributed by atoms with Crippen LogP contribution in [0.1, 0.15) is 6.92 Å². The molecule has 1 N–H and O–H groups in total. The maximum atomic E-state index is 15.4. The molecular weight excluding hydrogens is 531 g/mol. The fraction of sp³-hybridized carbons (Fsp3) is 0.375. The van der Waals surface area contributed by atoms with E-state index in [1.165, 1.54) is 40.9 Å². The summed E-state index contributed by atoms with van der Waals surface area (Å²) in [6, 6.07) is 4.48. The first-order valence-electron chi connectivity index (χ1n) is 12.2. The van der Waals surface area contributed by atoms with Gasteiger partial charge in [-0.25, -0.2) is 14.2 Å². The van der Waals surface area contributed by atoms with E-state index in [-0.39, 0.29) is 55.6 Å². The number of hydrogen-bond donors (Lipinski definition) is 1. The van der Waals surface area contributed by atoms with Gasteiger partial charge >= 0.3 is 23.9 Å². The fourth-order valence-corrected chi connectivity index (χ4v) is 4.31. The van der Waals surface area contributed by atoms with E-state index in [9.17, 15) is 19.7 Å². The Kier molecular flexibility index (Phi) is 7.06. The minimum atomic E-state index is -0.634. The van der Waals surface area contributed by atoms with Crippen LogP contribution >= 0.6 is 0 Å². The largest absolute Gasteiger partial charge is 0.455 e. The number of nitrogens with zero attached hydrogens (tertiary/aromatic N) is 7. The Balaban J connectivity index is 1.32. The minimum absolute atomic E-state index is 0.0150. The van der Waals surface area contributed by atoms with E-state index >= 15 is 4.39 Å². The maximum absolute atomic E-state index is 15.4. The summed E-state index contributed by atoms with van der Waals surface area (Å²) < 4.78 is 33.4. The monoisotopic (exact) mass is 556 g/mol. The van der Waals surface area contributed by atoms with Crippen molar-refractivity contribution in [1.82, 2.24) is 24.8 Å². The minimum Gasteiger partial charge on any atom is -0.455 e. The number of nitrogens with one attached hydrogen (secondary N) is 1. The number of amides is 2. The van der Waals surface area contributed by atoms with E-state index in [4.69, 9.17) is 14.2 Å². The number of ether oxygens (including phenoxy) is 3. The van der Waals surface area contributed by atoms with Gasteiger partial charge in [0, 0.05) is 43.3 Å². The molecule has 2 atom stereocenters. The molecule has 1 fully saturated rings. The van der Waals surface area contributed by atoms with E-state index in [0.29, 0.717) is 17.1 Å². The number of hydrogen-bond acceptors (Lipinski definition) is 11. The molecule has 3 aromatic rings. The van der Waals surface area contributed by atoms with Crippen LogP contribution < -0.4 is 24.6 Å². The predicted molar refractivity (Wildman–Crippen MR) is 137 cm³/mol. The van der Waals surface area contributed by atoms with Gasteiger partial charge in [-0.1, -0.05) is 0 Å². The number of rotatable bonds is 8. The first-order valence-corrected chi connectivity index (χ1v) is 12.2. The second-order valence-electron chi connectivity index (χ2n) is 9.34. The van der Waals surface area contributed by atoms with Crippen molar-refractivity contribution < 1.29 is 33.1 Å². The molecule has 1 saturated heterocycles. The Morgan fingerprint density at radius 2 is 2.10 bits per heavy atom.